The van der Waals surface area contributed by atoms with Gasteiger partial charge in [-0.05, 0) is 18.2 Å². The molecule has 0 amide bonds. The maximum atomic E-state index is 10.8. The van der Waals surface area contributed by atoms with Gasteiger partial charge in [0.25, 0.3) is 0 Å². The number of carboxylic acids is 1. The van der Waals surface area contributed by atoms with E-state index >= 15 is 0 Å². The van der Waals surface area contributed by atoms with Gasteiger partial charge in [0.2, 0.25) is 0 Å². The van der Waals surface area contributed by atoms with Crippen molar-refractivity contribution < 1.29 is 14.5 Å². The molecule has 1 heterocycles. The van der Waals surface area contributed by atoms with E-state index in [0.29, 0.717) is 11.6 Å². The number of rotatable bonds is 3. The zero-order valence-corrected chi connectivity index (χ0v) is 9.76. The molecule has 1 aromatic heterocycles. The van der Waals surface area contributed by atoms with Crippen LogP contribution >= 0.6 is 11.6 Å². The van der Waals surface area contributed by atoms with Crippen LogP contribution in [0.1, 0.15) is 15.9 Å². The van der Waals surface area contributed by atoms with Gasteiger partial charge in [0.05, 0.1) is 0 Å². The third kappa shape index (κ3) is 3.04. The minimum atomic E-state index is -0.921. The first-order chi connectivity index (χ1) is 8.15. The highest BCUT2D eigenvalue weighted by Crippen LogP contribution is 2.09. The molecule has 0 saturated carbocycles. The minimum absolute atomic E-state index is 0.279. The van der Waals surface area contributed by atoms with Gasteiger partial charge in [0.15, 0.2) is 18.9 Å². The fourth-order valence-electron chi connectivity index (χ4n) is 1.55. The number of pyridine rings is 1. The van der Waals surface area contributed by atoms with Crippen molar-refractivity contribution in [3.05, 3.63) is 64.9 Å². The quantitative estimate of drug-likeness (QED) is 0.848. The number of hydrogen-bond acceptors (Lipinski definition) is 1. The van der Waals surface area contributed by atoms with E-state index < -0.39 is 5.97 Å². The molecule has 1 N–H and O–H groups in total. The van der Waals surface area contributed by atoms with Gasteiger partial charge in [-0.15, -0.1) is 0 Å². The topological polar surface area (TPSA) is 41.2 Å². The second-order valence-electron chi connectivity index (χ2n) is 3.70. The minimum Gasteiger partial charge on any atom is -0.477 e. The highest BCUT2D eigenvalue weighted by Gasteiger charge is 2.09. The Morgan fingerprint density at radius 1 is 1.24 bits per heavy atom. The van der Waals surface area contributed by atoms with Crippen molar-refractivity contribution in [3.63, 3.8) is 0 Å². The number of aromatic carboxylic acids is 1. The number of benzene rings is 1. The number of halogens is 1. The van der Waals surface area contributed by atoms with Crippen molar-refractivity contribution in [2.45, 2.75) is 6.54 Å². The van der Waals surface area contributed by atoms with E-state index in [2.05, 4.69) is 0 Å². The monoisotopic (exact) mass is 248 g/mol. The van der Waals surface area contributed by atoms with Crippen molar-refractivity contribution >= 4 is 17.6 Å². The summed E-state index contributed by atoms with van der Waals surface area (Å²) in [5.74, 6) is -0.921. The molecule has 0 aliphatic carbocycles. The molecule has 4 heteroatoms. The lowest BCUT2D eigenvalue weighted by molar-refractivity contribution is -0.688. The fraction of sp³-hybridized carbons (Fsp3) is 0.0769. The van der Waals surface area contributed by atoms with E-state index in [9.17, 15) is 4.79 Å². The van der Waals surface area contributed by atoms with Gasteiger partial charge in [-0.1, -0.05) is 23.7 Å². The summed E-state index contributed by atoms with van der Waals surface area (Å²) >= 11 is 5.80. The SMILES string of the molecule is O=C(O)c1ccc[n+](Cc2ccc(Cl)cc2)c1. The molecule has 0 radical (unpaired) electrons. The van der Waals surface area contributed by atoms with Gasteiger partial charge in [-0.3, -0.25) is 0 Å². The number of hydrogen-bond donors (Lipinski definition) is 1. The summed E-state index contributed by atoms with van der Waals surface area (Å²) in [5, 5.41) is 9.57. The molecule has 0 fully saturated rings. The van der Waals surface area contributed by atoms with Crippen LogP contribution in [0.15, 0.2) is 48.8 Å². The third-order valence-corrected chi connectivity index (χ3v) is 2.64. The van der Waals surface area contributed by atoms with E-state index in [0.717, 1.165) is 5.56 Å². The van der Waals surface area contributed by atoms with Gasteiger partial charge in [-0.2, -0.15) is 4.57 Å². The van der Waals surface area contributed by atoms with E-state index in [4.69, 9.17) is 16.7 Å². The first-order valence-electron chi connectivity index (χ1n) is 5.12. The zero-order chi connectivity index (χ0) is 12.3. The Hall–Kier alpha value is -1.87. The summed E-state index contributed by atoms with van der Waals surface area (Å²) in [6.07, 6.45) is 3.44. The van der Waals surface area contributed by atoms with Crippen LogP contribution < -0.4 is 4.57 Å². The highest BCUT2D eigenvalue weighted by atomic mass is 35.5. The van der Waals surface area contributed by atoms with E-state index in [-0.39, 0.29) is 5.56 Å². The van der Waals surface area contributed by atoms with Crippen molar-refractivity contribution in [2.24, 2.45) is 0 Å². The van der Waals surface area contributed by atoms with Crippen LogP contribution in [0.4, 0.5) is 0 Å². The first kappa shape index (κ1) is 11.6. The van der Waals surface area contributed by atoms with Gasteiger partial charge in [0.1, 0.15) is 5.56 Å². The summed E-state index contributed by atoms with van der Waals surface area (Å²) < 4.78 is 1.83. The molecule has 0 bridgehead atoms. The molecule has 17 heavy (non-hydrogen) atoms. The number of carboxylic acid groups (broad SMARTS) is 1. The third-order valence-electron chi connectivity index (χ3n) is 2.38. The Morgan fingerprint density at radius 2 is 1.94 bits per heavy atom. The number of nitrogens with zero attached hydrogens (tertiary/aromatic N) is 1. The van der Waals surface area contributed by atoms with Gasteiger partial charge >= 0.3 is 5.97 Å². The summed E-state index contributed by atoms with van der Waals surface area (Å²) in [4.78, 5) is 10.8. The van der Waals surface area contributed by atoms with Crippen LogP contribution in [0, 0.1) is 0 Å². The van der Waals surface area contributed by atoms with Crippen LogP contribution in [0.25, 0.3) is 0 Å². The Bertz CT molecular complexity index is 537. The average Bonchev–Trinajstić information content (AvgIpc) is 2.32. The number of carbonyl (C=O) groups is 1. The van der Waals surface area contributed by atoms with Crippen LogP contribution in [-0.4, -0.2) is 11.1 Å². The summed E-state index contributed by atoms with van der Waals surface area (Å²) in [6.45, 7) is 0.623. The molecule has 0 spiro atoms. The molecule has 0 aliphatic heterocycles. The normalized spacial score (nSPS) is 10.2. The first-order valence-corrected chi connectivity index (χ1v) is 5.50. The van der Waals surface area contributed by atoms with Crippen molar-refractivity contribution in [1.29, 1.82) is 0 Å². The maximum absolute atomic E-state index is 10.8. The summed E-state index contributed by atoms with van der Waals surface area (Å²) in [6, 6.07) is 10.8. The van der Waals surface area contributed by atoms with Crippen LogP contribution in [-0.2, 0) is 6.54 Å². The number of aromatic nitrogens is 1. The lowest BCUT2D eigenvalue weighted by atomic mass is 10.2. The Morgan fingerprint density at radius 3 is 2.59 bits per heavy atom. The predicted molar refractivity (Wildman–Crippen MR) is 64.2 cm³/mol. The van der Waals surface area contributed by atoms with Crippen LogP contribution in [0.5, 0.6) is 0 Å². The smallest absolute Gasteiger partial charge is 0.341 e. The van der Waals surface area contributed by atoms with Crippen molar-refractivity contribution in [1.82, 2.24) is 0 Å². The standard InChI is InChI=1S/C13H10ClNO2/c14-12-5-3-10(4-6-12)8-15-7-1-2-11(9-15)13(16)17/h1-7,9H,8H2/p+1. The van der Waals surface area contributed by atoms with Gasteiger partial charge in [0, 0.05) is 16.7 Å². The second-order valence-corrected chi connectivity index (χ2v) is 4.13. The Kier molecular flexibility index (Phi) is 3.40. The molecule has 86 valence electrons. The highest BCUT2D eigenvalue weighted by molar-refractivity contribution is 6.30. The largest absolute Gasteiger partial charge is 0.477 e. The molecule has 2 aromatic rings. The van der Waals surface area contributed by atoms with Crippen LogP contribution in [0.3, 0.4) is 0 Å². The molecule has 2 rings (SSSR count). The Labute approximate surface area is 104 Å². The molecule has 0 atom stereocenters. The van der Waals surface area contributed by atoms with Crippen LogP contribution in [0.2, 0.25) is 5.02 Å². The lowest BCUT2D eigenvalue weighted by Gasteiger charge is -1.99. The molecular weight excluding hydrogens is 238 g/mol. The van der Waals surface area contributed by atoms with Crippen molar-refractivity contribution in [3.8, 4) is 0 Å². The van der Waals surface area contributed by atoms with Gasteiger partial charge < -0.3 is 5.11 Å². The summed E-state index contributed by atoms with van der Waals surface area (Å²) in [5.41, 5.74) is 1.35. The molecular formula is C13H11ClNO2+. The maximum Gasteiger partial charge on any atom is 0.341 e. The van der Waals surface area contributed by atoms with Crippen molar-refractivity contribution in [2.75, 3.05) is 0 Å². The molecule has 0 aliphatic rings. The van der Waals surface area contributed by atoms with E-state index in [1.165, 1.54) is 0 Å². The molecule has 1 aromatic carbocycles. The molecule has 0 saturated heterocycles. The summed E-state index contributed by atoms with van der Waals surface area (Å²) in [7, 11) is 0. The predicted octanol–water partition coefficient (Wildman–Crippen LogP) is 2.37. The fourth-order valence-corrected chi connectivity index (χ4v) is 1.67. The molecule has 0 unspecified atom stereocenters. The second kappa shape index (κ2) is 4.97. The van der Waals surface area contributed by atoms with E-state index in [1.807, 2.05) is 35.0 Å². The van der Waals surface area contributed by atoms with E-state index in [1.54, 1.807) is 18.3 Å². The average molecular weight is 249 g/mol. The lowest BCUT2D eigenvalue weighted by Crippen LogP contribution is -2.34. The molecule has 3 nitrogen and oxygen atoms in total. The Balaban J connectivity index is 2.21. The van der Waals surface area contributed by atoms with Gasteiger partial charge in [-0.25, -0.2) is 4.79 Å². The zero-order valence-electron chi connectivity index (χ0n) is 9.01.